The van der Waals surface area contributed by atoms with Crippen LogP contribution in [-0.2, 0) is 10.8 Å². The third-order valence-electron chi connectivity index (χ3n) is 12.9. The van der Waals surface area contributed by atoms with Crippen molar-refractivity contribution < 1.29 is 36.7 Å². The molecule has 12 aromatic rings. The van der Waals surface area contributed by atoms with Crippen molar-refractivity contribution in [3.05, 3.63) is 247 Å². The second-order valence-corrected chi connectivity index (χ2v) is 20.0. The first-order valence-corrected chi connectivity index (χ1v) is 24.0. The van der Waals surface area contributed by atoms with E-state index in [1.165, 1.54) is 11.5 Å². The van der Waals surface area contributed by atoms with E-state index in [9.17, 15) is 15.1 Å². The highest BCUT2D eigenvalue weighted by atomic mass is 16.5. The molecule has 0 bridgehead atoms. The molecule has 0 saturated heterocycles. The molecule has 74 heavy (non-hydrogen) atoms. The Hall–Kier alpha value is -8.80. The molecule has 3 aromatic heterocycles. The van der Waals surface area contributed by atoms with E-state index in [-0.39, 0.29) is 16.5 Å². The maximum Gasteiger partial charge on any atom is 0.269 e. The average molecular weight is 979 g/mol. The number of pyridine rings is 1. The van der Waals surface area contributed by atoms with Gasteiger partial charge in [-0.05, 0) is 122 Å². The maximum absolute atomic E-state index is 9.83. The fraction of sp³-hybridized carbons (Fsp3) is 0.130. The van der Waals surface area contributed by atoms with E-state index < -0.39 is 176 Å². The number of ether oxygens (including phenoxy) is 1. The van der Waals surface area contributed by atoms with E-state index in [0.29, 0.717) is 28.5 Å². The average Bonchev–Trinajstić information content (AvgIpc) is 1.02. The summed E-state index contributed by atoms with van der Waals surface area (Å²) in [6.45, 7) is 13.8. The van der Waals surface area contributed by atoms with Crippen LogP contribution in [0.3, 0.4) is 0 Å². The van der Waals surface area contributed by atoms with Crippen LogP contribution < -0.4 is 9.30 Å². The van der Waals surface area contributed by atoms with Crippen molar-refractivity contribution >= 4 is 32.8 Å². The Kier molecular flexibility index (Phi) is 7.20. The molecular formula is C69H58N4O. The summed E-state index contributed by atoms with van der Waals surface area (Å²) >= 11 is 0. The second-order valence-electron chi connectivity index (χ2n) is 20.0. The van der Waals surface area contributed by atoms with Gasteiger partial charge in [0.15, 0.2) is 0 Å². The smallest absolute Gasteiger partial charge is 0.269 e. The number of hydrogen-bond donors (Lipinski definition) is 0. The number of nitrogens with zero attached hydrogens (tertiary/aromatic N) is 4. The normalized spacial score (nSPS) is 15.8. The lowest BCUT2D eigenvalue weighted by Gasteiger charge is -2.22. The lowest BCUT2D eigenvalue weighted by Crippen LogP contribution is -2.31. The Morgan fingerprint density at radius 2 is 1.08 bits per heavy atom. The third kappa shape index (κ3) is 8.64. The highest BCUT2D eigenvalue weighted by molar-refractivity contribution is 6.09. The van der Waals surface area contributed by atoms with Gasteiger partial charge in [0.1, 0.15) is 17.3 Å². The highest BCUT2D eigenvalue weighted by Crippen LogP contribution is 2.40. The van der Waals surface area contributed by atoms with Crippen LogP contribution in [0.15, 0.2) is 224 Å². The van der Waals surface area contributed by atoms with E-state index in [4.69, 9.17) is 22.1 Å². The molecule has 5 heteroatoms. The van der Waals surface area contributed by atoms with Gasteiger partial charge in [-0.15, -0.1) is 0 Å². The fourth-order valence-electron chi connectivity index (χ4n) is 9.01. The molecule has 0 amide bonds. The van der Waals surface area contributed by atoms with E-state index in [1.807, 2.05) is 75.4 Å². The van der Waals surface area contributed by atoms with Crippen molar-refractivity contribution in [3.8, 4) is 73.2 Å². The number of rotatable bonds is 9. The zero-order valence-electron chi connectivity index (χ0n) is 61.5. The zero-order chi connectivity index (χ0) is 68.1. The number of benzene rings is 9. The van der Waals surface area contributed by atoms with Gasteiger partial charge in [-0.3, -0.25) is 13.7 Å². The van der Waals surface area contributed by atoms with Gasteiger partial charge in [-0.2, -0.15) is 0 Å². The summed E-state index contributed by atoms with van der Waals surface area (Å²) in [5.74, 6) is 1.56. The van der Waals surface area contributed by atoms with E-state index >= 15 is 0 Å². The topological polar surface area (TPSA) is 35.9 Å². The third-order valence-corrected chi connectivity index (χ3v) is 12.9. The quantitative estimate of drug-likeness (QED) is 0.107. The predicted octanol–water partition coefficient (Wildman–Crippen LogP) is 17.6. The van der Waals surface area contributed by atoms with Gasteiger partial charge in [0, 0.05) is 23.0 Å². The minimum absolute atomic E-state index is 0.0361. The lowest BCUT2D eigenvalue weighted by molar-refractivity contribution is -0.571. The Balaban J connectivity index is 1.15. The summed E-state index contributed by atoms with van der Waals surface area (Å²) in [5, 5.41) is 1.96. The van der Waals surface area contributed by atoms with Crippen LogP contribution in [0.1, 0.15) is 85.6 Å². The Labute approximate surface area is 462 Å². The molecule has 0 unspecified atom stereocenters. The van der Waals surface area contributed by atoms with Gasteiger partial charge in [0.25, 0.3) is 6.33 Å². The van der Waals surface area contributed by atoms with Crippen molar-refractivity contribution in [3.63, 3.8) is 0 Å². The molecule has 0 aliphatic carbocycles. The van der Waals surface area contributed by atoms with Crippen LogP contribution in [0.5, 0.6) is 11.5 Å². The first kappa shape index (κ1) is 29.0. The van der Waals surface area contributed by atoms with Gasteiger partial charge >= 0.3 is 0 Å². The van der Waals surface area contributed by atoms with E-state index in [2.05, 4.69) is 43.8 Å². The second kappa shape index (κ2) is 18.4. The number of para-hydroxylation sites is 4. The van der Waals surface area contributed by atoms with Crippen molar-refractivity contribution in [2.24, 2.45) is 0 Å². The number of hydrogen-bond acceptors (Lipinski definition) is 2. The highest BCUT2D eigenvalue weighted by Gasteiger charge is 2.24. The summed E-state index contributed by atoms with van der Waals surface area (Å²) in [4.78, 5) is 4.85. The maximum atomic E-state index is 9.83. The summed E-state index contributed by atoms with van der Waals surface area (Å²) < 4.78 is 196. The molecule has 0 aliphatic heterocycles. The van der Waals surface area contributed by atoms with Crippen molar-refractivity contribution in [1.82, 2.24) is 14.1 Å². The lowest BCUT2D eigenvalue weighted by atomic mass is 9.86. The van der Waals surface area contributed by atoms with Crippen LogP contribution in [0.4, 0.5) is 0 Å². The Bertz CT molecular complexity index is 5010. The number of imidazole rings is 1. The predicted molar refractivity (Wildman–Crippen MR) is 306 cm³/mol. The molecule has 3 heterocycles. The Morgan fingerprint density at radius 1 is 0.500 bits per heavy atom. The first-order valence-electron chi connectivity index (χ1n) is 34.0. The van der Waals surface area contributed by atoms with Gasteiger partial charge < -0.3 is 4.74 Å². The van der Waals surface area contributed by atoms with Crippen LogP contribution in [0.2, 0.25) is 0 Å². The van der Waals surface area contributed by atoms with Crippen molar-refractivity contribution in [2.45, 2.75) is 59.3 Å². The molecular weight excluding hydrogens is 901 g/mol. The van der Waals surface area contributed by atoms with E-state index in [1.54, 1.807) is 41.1 Å². The standard InChI is InChI=1S/C69H58N4O/c1-46-24-26-48(27-25-46)50-30-34-52(35-31-50)59-20-15-19-58(51-32-28-49(29-33-51)47-16-9-8-10-17-47)67(59)72-45-71(63-22-13-14-23-64(63)72)55-40-54(69(5,6)7)41-57(43-55)74-56-36-37-61-60-18-11-12-21-62(60)73(65(61)44-56)66-42-53(38-39-70-66)68(2,3)4/h8-44H,1-7H3/i8D,9D,10D,15D,16D,17D,19D,20D,24D,25D,26D,27D,28D,29D,30D,31D,32D,33D,34D,35D. The van der Waals surface area contributed by atoms with Gasteiger partial charge in [-0.25, -0.2) is 4.98 Å². The monoisotopic (exact) mass is 979 g/mol. The van der Waals surface area contributed by atoms with Crippen molar-refractivity contribution in [1.29, 1.82) is 0 Å². The molecule has 0 radical (unpaired) electrons. The SMILES string of the molecule is [2H]c1c([2H])c([2H])c(-c2c([2H])c([2H])c(-c3c([2H])c([2H])c([2H])c(-c4c([2H])c([2H])c(-c5c([2H])c([2H])c(C)c([2H])c5[2H])c([2H])c4[2H])c3-[n+]3[c-]n(-c4cc(Oc5ccc6c7ccccc7n(-c7cc(C(C)(C)C)ccn7)c6c5)cc(C(C)(C)C)c4)c4ccccc43)c([2H])c2[2H])c([2H])c1[2H]. The summed E-state index contributed by atoms with van der Waals surface area (Å²) in [6, 6.07) is 13.9. The minimum atomic E-state index is -0.935. The molecule has 0 fully saturated rings. The number of aromatic nitrogens is 4. The summed E-state index contributed by atoms with van der Waals surface area (Å²) in [6.07, 6.45) is 5.15. The zero-order valence-corrected chi connectivity index (χ0v) is 41.5. The van der Waals surface area contributed by atoms with Crippen LogP contribution >= 0.6 is 0 Å². The molecule has 0 spiro atoms. The van der Waals surface area contributed by atoms with Gasteiger partial charge in [-0.1, -0.05) is 210 Å². The fourth-order valence-corrected chi connectivity index (χ4v) is 9.01. The molecule has 0 aliphatic rings. The molecule has 9 aromatic carbocycles. The molecule has 12 rings (SSSR count). The Morgan fingerprint density at radius 3 is 1.74 bits per heavy atom. The van der Waals surface area contributed by atoms with E-state index in [0.717, 1.165) is 32.9 Å². The molecule has 5 nitrogen and oxygen atoms in total. The van der Waals surface area contributed by atoms with Gasteiger partial charge in [0.2, 0.25) is 0 Å². The molecule has 0 N–H and O–H groups in total. The molecule has 0 atom stereocenters. The first-order chi connectivity index (χ1) is 44.2. The molecule has 360 valence electrons. The van der Waals surface area contributed by atoms with Gasteiger partial charge in [0.05, 0.1) is 60.9 Å². The number of fused-ring (bicyclic) bond motifs is 4. The summed E-state index contributed by atoms with van der Waals surface area (Å²) in [7, 11) is 0. The van der Waals surface area contributed by atoms with Crippen molar-refractivity contribution in [2.75, 3.05) is 0 Å². The van der Waals surface area contributed by atoms with Crippen LogP contribution in [-0.4, -0.2) is 14.1 Å². The molecule has 0 saturated carbocycles. The van der Waals surface area contributed by atoms with Crippen LogP contribution in [0.25, 0.3) is 94.5 Å². The minimum Gasteiger partial charge on any atom is -0.458 e. The summed E-state index contributed by atoms with van der Waals surface area (Å²) in [5.41, 5.74) is -1.69. The van der Waals surface area contributed by atoms with Crippen LogP contribution in [0, 0.1) is 13.3 Å². The largest absolute Gasteiger partial charge is 0.458 e.